The largest absolute Gasteiger partial charge is 0.494 e. The number of amides is 1. The quantitative estimate of drug-likeness (QED) is 0.778. The lowest BCUT2D eigenvalue weighted by Crippen LogP contribution is -2.16. The average Bonchev–Trinajstić information content (AvgIpc) is 2.88. The molecule has 0 unspecified atom stereocenters. The molecule has 0 fully saturated rings. The van der Waals surface area contributed by atoms with E-state index >= 15 is 0 Å². The minimum atomic E-state index is -0.452. The summed E-state index contributed by atoms with van der Waals surface area (Å²) >= 11 is 0. The third-order valence-corrected chi connectivity index (χ3v) is 3.93. The van der Waals surface area contributed by atoms with E-state index in [9.17, 15) is 9.18 Å². The number of carbonyl (C=O) groups excluding carboxylic acids is 1. The van der Waals surface area contributed by atoms with Crippen LogP contribution in [0, 0.1) is 12.7 Å². The second kappa shape index (κ2) is 6.35. The van der Waals surface area contributed by atoms with Crippen LogP contribution in [0.5, 0.6) is 5.75 Å². The molecule has 3 rings (SSSR count). The first-order valence-corrected chi connectivity index (χ1v) is 7.79. The number of hydrogen-bond donors (Lipinski definition) is 1. The number of benzene rings is 2. The lowest BCUT2D eigenvalue weighted by molar-refractivity contribution is 0.101. The van der Waals surface area contributed by atoms with Crippen molar-refractivity contribution in [2.24, 2.45) is 7.05 Å². The first-order valence-electron chi connectivity index (χ1n) is 7.79. The molecule has 0 atom stereocenters. The molecule has 24 heavy (non-hydrogen) atoms. The summed E-state index contributed by atoms with van der Waals surface area (Å²) < 4.78 is 21.1. The summed E-state index contributed by atoms with van der Waals surface area (Å²) in [7, 11) is 1.81. The highest BCUT2D eigenvalue weighted by Gasteiger charge is 2.15. The van der Waals surface area contributed by atoms with Crippen LogP contribution in [0.25, 0.3) is 10.9 Å². The maximum Gasteiger partial charge on any atom is 0.272 e. The van der Waals surface area contributed by atoms with Crippen LogP contribution in [-0.4, -0.2) is 17.1 Å². The Hall–Kier alpha value is -2.82. The number of anilines is 1. The normalized spacial score (nSPS) is 10.8. The summed E-state index contributed by atoms with van der Waals surface area (Å²) in [5.41, 5.74) is 2.43. The fourth-order valence-corrected chi connectivity index (χ4v) is 2.72. The molecule has 0 aliphatic carbocycles. The van der Waals surface area contributed by atoms with Gasteiger partial charge in [0, 0.05) is 18.0 Å². The first kappa shape index (κ1) is 16.1. The standard InChI is InChI=1S/C19H19FN2O2/c1-4-24-14-6-8-17-13(10-14)11-18(22(17)3)19(23)21-16-9-12(2)5-7-15(16)20/h5-11H,4H2,1-3H3,(H,21,23). The Labute approximate surface area is 139 Å². The zero-order valence-electron chi connectivity index (χ0n) is 13.9. The number of fused-ring (bicyclic) bond motifs is 1. The van der Waals surface area contributed by atoms with Crippen LogP contribution in [0.1, 0.15) is 23.0 Å². The topological polar surface area (TPSA) is 43.3 Å². The van der Waals surface area contributed by atoms with Gasteiger partial charge in [-0.3, -0.25) is 4.79 Å². The summed E-state index contributed by atoms with van der Waals surface area (Å²) in [6.45, 7) is 4.35. The van der Waals surface area contributed by atoms with Crippen LogP contribution in [0.2, 0.25) is 0 Å². The Kier molecular flexibility index (Phi) is 4.25. The smallest absolute Gasteiger partial charge is 0.272 e. The summed E-state index contributed by atoms with van der Waals surface area (Å²) in [5, 5.41) is 3.54. The van der Waals surface area contributed by atoms with E-state index in [-0.39, 0.29) is 11.6 Å². The van der Waals surface area contributed by atoms with Crippen molar-refractivity contribution in [2.75, 3.05) is 11.9 Å². The molecule has 0 radical (unpaired) electrons. The molecular formula is C19H19FN2O2. The van der Waals surface area contributed by atoms with Gasteiger partial charge in [-0.05, 0) is 55.8 Å². The Morgan fingerprint density at radius 1 is 1.21 bits per heavy atom. The highest BCUT2D eigenvalue weighted by Crippen LogP contribution is 2.25. The third kappa shape index (κ3) is 2.97. The van der Waals surface area contributed by atoms with Crippen molar-refractivity contribution >= 4 is 22.5 Å². The Bertz CT molecular complexity index is 915. The van der Waals surface area contributed by atoms with Gasteiger partial charge >= 0.3 is 0 Å². The zero-order valence-corrected chi connectivity index (χ0v) is 13.9. The van der Waals surface area contributed by atoms with E-state index in [1.165, 1.54) is 6.07 Å². The number of aromatic nitrogens is 1. The molecule has 0 bridgehead atoms. The molecule has 5 heteroatoms. The number of rotatable bonds is 4. The number of ether oxygens (including phenoxy) is 1. The number of carbonyl (C=O) groups is 1. The lowest BCUT2D eigenvalue weighted by atomic mass is 10.2. The molecule has 0 aliphatic rings. The van der Waals surface area contributed by atoms with Gasteiger partial charge in [0.25, 0.3) is 5.91 Å². The molecule has 0 spiro atoms. The number of nitrogens with one attached hydrogen (secondary N) is 1. The van der Waals surface area contributed by atoms with Gasteiger partial charge in [-0.15, -0.1) is 0 Å². The van der Waals surface area contributed by atoms with Gasteiger partial charge < -0.3 is 14.6 Å². The van der Waals surface area contributed by atoms with Crippen molar-refractivity contribution in [1.82, 2.24) is 4.57 Å². The molecule has 3 aromatic rings. The number of halogens is 1. The maximum absolute atomic E-state index is 13.9. The van der Waals surface area contributed by atoms with E-state index < -0.39 is 5.82 Å². The second-order valence-corrected chi connectivity index (χ2v) is 5.68. The predicted molar refractivity (Wildman–Crippen MR) is 93.2 cm³/mol. The SMILES string of the molecule is CCOc1ccc2c(c1)cc(C(=O)Nc1cc(C)ccc1F)n2C. The van der Waals surface area contributed by atoms with Crippen LogP contribution < -0.4 is 10.1 Å². The van der Waals surface area contributed by atoms with Gasteiger partial charge in [-0.1, -0.05) is 6.07 Å². The minimum Gasteiger partial charge on any atom is -0.494 e. The van der Waals surface area contributed by atoms with E-state index in [4.69, 9.17) is 4.74 Å². The monoisotopic (exact) mass is 326 g/mol. The highest BCUT2D eigenvalue weighted by atomic mass is 19.1. The molecule has 0 saturated carbocycles. The number of aryl methyl sites for hydroxylation is 2. The zero-order chi connectivity index (χ0) is 17.3. The van der Waals surface area contributed by atoms with Crippen molar-refractivity contribution in [1.29, 1.82) is 0 Å². The number of hydrogen-bond acceptors (Lipinski definition) is 2. The van der Waals surface area contributed by atoms with E-state index in [0.717, 1.165) is 22.2 Å². The molecule has 4 nitrogen and oxygen atoms in total. The summed E-state index contributed by atoms with van der Waals surface area (Å²) in [4.78, 5) is 12.5. The molecule has 1 aromatic heterocycles. The Morgan fingerprint density at radius 3 is 2.75 bits per heavy atom. The molecule has 2 aromatic carbocycles. The second-order valence-electron chi connectivity index (χ2n) is 5.68. The predicted octanol–water partition coefficient (Wildman–Crippen LogP) is 4.28. The fraction of sp³-hybridized carbons (Fsp3) is 0.211. The van der Waals surface area contributed by atoms with Crippen LogP contribution in [0.3, 0.4) is 0 Å². The van der Waals surface area contributed by atoms with E-state index in [2.05, 4.69) is 5.32 Å². The van der Waals surface area contributed by atoms with Crippen molar-refractivity contribution in [2.45, 2.75) is 13.8 Å². The summed E-state index contributed by atoms with van der Waals surface area (Å²) in [5.74, 6) is -0.0465. The molecule has 1 amide bonds. The highest BCUT2D eigenvalue weighted by molar-refractivity contribution is 6.06. The van der Waals surface area contributed by atoms with E-state index in [0.29, 0.717) is 12.3 Å². The first-order chi connectivity index (χ1) is 11.5. The number of nitrogens with zero attached hydrogens (tertiary/aromatic N) is 1. The van der Waals surface area contributed by atoms with Crippen molar-refractivity contribution in [3.63, 3.8) is 0 Å². The maximum atomic E-state index is 13.9. The van der Waals surface area contributed by atoms with Gasteiger partial charge in [0.1, 0.15) is 17.3 Å². The fourth-order valence-electron chi connectivity index (χ4n) is 2.72. The minimum absolute atomic E-state index is 0.181. The van der Waals surface area contributed by atoms with Gasteiger partial charge in [0.05, 0.1) is 12.3 Å². The summed E-state index contributed by atoms with van der Waals surface area (Å²) in [6.07, 6.45) is 0. The van der Waals surface area contributed by atoms with Gasteiger partial charge in [-0.2, -0.15) is 0 Å². The van der Waals surface area contributed by atoms with Gasteiger partial charge in [0.2, 0.25) is 0 Å². The lowest BCUT2D eigenvalue weighted by Gasteiger charge is -2.08. The summed E-state index contributed by atoms with van der Waals surface area (Å²) in [6, 6.07) is 12.1. The van der Waals surface area contributed by atoms with E-state index in [1.54, 1.807) is 22.8 Å². The van der Waals surface area contributed by atoms with Gasteiger partial charge in [0.15, 0.2) is 0 Å². The van der Waals surface area contributed by atoms with Crippen molar-refractivity contribution < 1.29 is 13.9 Å². The van der Waals surface area contributed by atoms with Gasteiger partial charge in [-0.25, -0.2) is 4.39 Å². The molecular weight excluding hydrogens is 307 g/mol. The molecule has 1 N–H and O–H groups in total. The Balaban J connectivity index is 1.94. The third-order valence-electron chi connectivity index (χ3n) is 3.93. The van der Waals surface area contributed by atoms with Crippen LogP contribution in [0.15, 0.2) is 42.5 Å². The Morgan fingerprint density at radius 2 is 2.00 bits per heavy atom. The average molecular weight is 326 g/mol. The van der Waals surface area contributed by atoms with Crippen molar-refractivity contribution in [3.8, 4) is 5.75 Å². The van der Waals surface area contributed by atoms with Crippen LogP contribution in [-0.2, 0) is 7.05 Å². The molecule has 1 heterocycles. The molecule has 124 valence electrons. The van der Waals surface area contributed by atoms with Crippen molar-refractivity contribution in [3.05, 3.63) is 59.5 Å². The van der Waals surface area contributed by atoms with Crippen LogP contribution in [0.4, 0.5) is 10.1 Å². The molecule has 0 saturated heterocycles. The van der Waals surface area contributed by atoms with Crippen LogP contribution >= 0.6 is 0 Å². The van der Waals surface area contributed by atoms with E-state index in [1.807, 2.05) is 39.1 Å². The molecule has 0 aliphatic heterocycles.